The highest BCUT2D eigenvalue weighted by atomic mass is 16.2. The van der Waals surface area contributed by atoms with Gasteiger partial charge < -0.3 is 15.5 Å². The molecule has 3 aromatic rings. The summed E-state index contributed by atoms with van der Waals surface area (Å²) in [4.78, 5) is 28.2. The molecule has 1 fully saturated rings. The lowest BCUT2D eigenvalue weighted by molar-refractivity contribution is -0.115. The molecule has 0 radical (unpaired) electrons. The molecule has 3 aromatic carbocycles. The topological polar surface area (TPSA) is 61.4 Å². The zero-order valence-corrected chi connectivity index (χ0v) is 19.1. The number of carbonyl (C=O) groups excluding carboxylic acids is 2. The normalized spacial score (nSPS) is 14.4. The van der Waals surface area contributed by atoms with Crippen molar-refractivity contribution in [3.05, 3.63) is 95.6 Å². The number of rotatable bonds is 7. The lowest BCUT2D eigenvalue weighted by Gasteiger charge is -2.31. The minimum atomic E-state index is -0.133. The van der Waals surface area contributed by atoms with Crippen molar-refractivity contribution in [2.45, 2.75) is 38.6 Å². The second-order valence-corrected chi connectivity index (χ2v) is 8.60. The van der Waals surface area contributed by atoms with Crippen molar-refractivity contribution >= 4 is 23.2 Å². The van der Waals surface area contributed by atoms with E-state index >= 15 is 0 Å². The molecule has 1 heterocycles. The number of amides is 2. The molecule has 1 unspecified atom stereocenters. The van der Waals surface area contributed by atoms with Gasteiger partial charge >= 0.3 is 0 Å². The zero-order valence-electron chi connectivity index (χ0n) is 19.1. The summed E-state index contributed by atoms with van der Waals surface area (Å²) in [7, 11) is 0. The van der Waals surface area contributed by atoms with Gasteiger partial charge in [0.05, 0.1) is 18.0 Å². The van der Waals surface area contributed by atoms with Crippen LogP contribution in [0.1, 0.15) is 53.7 Å². The lowest BCUT2D eigenvalue weighted by Crippen LogP contribution is -2.33. The highest BCUT2D eigenvalue weighted by Gasteiger charge is 2.21. The molecule has 1 aliphatic rings. The average Bonchev–Trinajstić information content (AvgIpc) is 2.85. The third-order valence-corrected chi connectivity index (χ3v) is 6.08. The fourth-order valence-electron chi connectivity index (χ4n) is 4.29. The Morgan fingerprint density at radius 3 is 2.24 bits per heavy atom. The Bertz CT molecular complexity index is 1080. The van der Waals surface area contributed by atoms with Crippen molar-refractivity contribution in [3.8, 4) is 0 Å². The SMILES string of the molecule is CC(NC(=O)c1cc(NC(=O)Cc2ccccc2)ccc1N1CCCCC1)c1ccccc1. The van der Waals surface area contributed by atoms with Crippen LogP contribution in [-0.2, 0) is 11.2 Å². The molecule has 1 saturated heterocycles. The molecule has 0 aromatic heterocycles. The summed E-state index contributed by atoms with van der Waals surface area (Å²) in [6.45, 7) is 3.86. The van der Waals surface area contributed by atoms with Gasteiger partial charge in [0.2, 0.25) is 5.91 Å². The molecule has 1 atom stereocenters. The summed E-state index contributed by atoms with van der Waals surface area (Å²) < 4.78 is 0. The van der Waals surface area contributed by atoms with Crippen LogP contribution in [0.15, 0.2) is 78.9 Å². The van der Waals surface area contributed by atoms with Gasteiger partial charge in [-0.3, -0.25) is 9.59 Å². The first kappa shape index (κ1) is 22.6. The van der Waals surface area contributed by atoms with Crippen molar-refractivity contribution in [2.75, 3.05) is 23.3 Å². The molecular weight excluding hydrogens is 410 g/mol. The van der Waals surface area contributed by atoms with E-state index in [0.717, 1.165) is 42.7 Å². The van der Waals surface area contributed by atoms with Gasteiger partial charge in [0.1, 0.15) is 0 Å². The number of benzene rings is 3. The van der Waals surface area contributed by atoms with Gasteiger partial charge in [-0.05, 0) is 55.5 Å². The minimum absolute atomic E-state index is 0.101. The van der Waals surface area contributed by atoms with Gasteiger partial charge in [-0.1, -0.05) is 60.7 Å². The number of hydrogen-bond acceptors (Lipinski definition) is 3. The zero-order chi connectivity index (χ0) is 23.0. The quantitative estimate of drug-likeness (QED) is 0.520. The lowest BCUT2D eigenvalue weighted by atomic mass is 10.0. The van der Waals surface area contributed by atoms with Crippen molar-refractivity contribution < 1.29 is 9.59 Å². The Morgan fingerprint density at radius 1 is 0.879 bits per heavy atom. The molecule has 0 aliphatic carbocycles. The number of nitrogens with one attached hydrogen (secondary N) is 2. The Balaban J connectivity index is 1.55. The van der Waals surface area contributed by atoms with Gasteiger partial charge in [0.25, 0.3) is 5.91 Å². The summed E-state index contributed by atoms with van der Waals surface area (Å²) in [5.74, 6) is -0.234. The van der Waals surface area contributed by atoms with Crippen LogP contribution in [0.4, 0.5) is 11.4 Å². The van der Waals surface area contributed by atoms with E-state index in [4.69, 9.17) is 0 Å². The largest absolute Gasteiger partial charge is 0.371 e. The third kappa shape index (κ3) is 6.01. The van der Waals surface area contributed by atoms with Crippen molar-refractivity contribution in [3.63, 3.8) is 0 Å². The number of nitrogens with zero attached hydrogens (tertiary/aromatic N) is 1. The molecule has 0 spiro atoms. The average molecular weight is 442 g/mol. The first-order chi connectivity index (χ1) is 16.1. The molecule has 0 saturated carbocycles. The van der Waals surface area contributed by atoms with E-state index in [2.05, 4.69) is 15.5 Å². The highest BCUT2D eigenvalue weighted by Crippen LogP contribution is 2.28. The van der Waals surface area contributed by atoms with Crippen LogP contribution in [0.2, 0.25) is 0 Å². The van der Waals surface area contributed by atoms with Gasteiger partial charge in [0.15, 0.2) is 0 Å². The molecule has 33 heavy (non-hydrogen) atoms. The molecule has 1 aliphatic heterocycles. The van der Waals surface area contributed by atoms with E-state index in [0.29, 0.717) is 17.7 Å². The summed E-state index contributed by atoms with van der Waals surface area (Å²) in [5, 5.41) is 6.10. The maximum absolute atomic E-state index is 13.4. The van der Waals surface area contributed by atoms with Gasteiger partial charge in [-0.15, -0.1) is 0 Å². The molecule has 0 bridgehead atoms. The van der Waals surface area contributed by atoms with Crippen LogP contribution in [0, 0.1) is 0 Å². The predicted molar refractivity (Wildman–Crippen MR) is 134 cm³/mol. The number of piperidine rings is 1. The number of hydrogen-bond donors (Lipinski definition) is 2. The van der Waals surface area contributed by atoms with Crippen LogP contribution in [-0.4, -0.2) is 24.9 Å². The molecule has 2 N–H and O–H groups in total. The molecule has 2 amide bonds. The Hall–Kier alpha value is -3.60. The highest BCUT2D eigenvalue weighted by molar-refractivity contribution is 6.02. The van der Waals surface area contributed by atoms with Crippen LogP contribution < -0.4 is 15.5 Å². The number of carbonyl (C=O) groups is 2. The fraction of sp³-hybridized carbons (Fsp3) is 0.286. The molecule has 5 heteroatoms. The second kappa shape index (κ2) is 10.8. The van der Waals surface area contributed by atoms with E-state index in [1.54, 1.807) is 6.07 Å². The minimum Gasteiger partial charge on any atom is -0.371 e. The van der Waals surface area contributed by atoms with Gasteiger partial charge in [-0.2, -0.15) is 0 Å². The molecule has 170 valence electrons. The summed E-state index contributed by atoms with van der Waals surface area (Å²) in [6.07, 6.45) is 3.76. The van der Waals surface area contributed by atoms with E-state index in [1.165, 1.54) is 6.42 Å². The predicted octanol–water partition coefficient (Wildman–Crippen LogP) is 5.35. The van der Waals surface area contributed by atoms with Crippen LogP contribution in [0.3, 0.4) is 0 Å². The van der Waals surface area contributed by atoms with Crippen molar-refractivity contribution in [1.29, 1.82) is 0 Å². The molecule has 4 rings (SSSR count). The monoisotopic (exact) mass is 441 g/mol. The summed E-state index contributed by atoms with van der Waals surface area (Å²) in [5.41, 5.74) is 4.16. The molecule has 5 nitrogen and oxygen atoms in total. The van der Waals surface area contributed by atoms with Crippen molar-refractivity contribution in [2.24, 2.45) is 0 Å². The van der Waals surface area contributed by atoms with Crippen LogP contribution in [0.5, 0.6) is 0 Å². The second-order valence-electron chi connectivity index (χ2n) is 8.60. The maximum Gasteiger partial charge on any atom is 0.253 e. The van der Waals surface area contributed by atoms with Crippen molar-refractivity contribution in [1.82, 2.24) is 5.32 Å². The fourth-order valence-corrected chi connectivity index (χ4v) is 4.29. The summed E-state index contributed by atoms with van der Waals surface area (Å²) >= 11 is 0. The first-order valence-electron chi connectivity index (χ1n) is 11.7. The third-order valence-electron chi connectivity index (χ3n) is 6.08. The standard InChI is InChI=1S/C28H31N3O2/c1-21(23-13-7-3-8-14-23)29-28(33)25-20-24(15-16-26(25)31-17-9-4-10-18-31)30-27(32)19-22-11-5-2-6-12-22/h2-3,5-8,11-16,20-21H,4,9-10,17-19H2,1H3,(H,29,33)(H,30,32). The molecular formula is C28H31N3O2. The Kier molecular flexibility index (Phi) is 7.40. The maximum atomic E-state index is 13.4. The van der Waals surface area contributed by atoms with Gasteiger partial charge in [0, 0.05) is 24.5 Å². The smallest absolute Gasteiger partial charge is 0.253 e. The van der Waals surface area contributed by atoms with E-state index in [-0.39, 0.29) is 17.9 Å². The van der Waals surface area contributed by atoms with Crippen LogP contribution in [0.25, 0.3) is 0 Å². The van der Waals surface area contributed by atoms with Crippen LogP contribution >= 0.6 is 0 Å². The van der Waals surface area contributed by atoms with Gasteiger partial charge in [-0.25, -0.2) is 0 Å². The first-order valence-corrected chi connectivity index (χ1v) is 11.7. The number of anilines is 2. The summed E-state index contributed by atoms with van der Waals surface area (Å²) in [6, 6.07) is 25.1. The Morgan fingerprint density at radius 2 is 1.55 bits per heavy atom. The van der Waals surface area contributed by atoms with E-state index in [9.17, 15) is 9.59 Å². The van der Waals surface area contributed by atoms with E-state index < -0.39 is 0 Å². The Labute approximate surface area is 195 Å². The van der Waals surface area contributed by atoms with E-state index in [1.807, 2.05) is 79.7 Å².